The van der Waals surface area contributed by atoms with Gasteiger partial charge in [-0.1, -0.05) is 42.5 Å². The monoisotopic (exact) mass is 318 g/mol. The SMILES string of the molecule is COc1ccc(Cn2nc(-c3ccccc3)c3oc(C)cc32)cc1. The maximum Gasteiger partial charge on any atom is 0.180 e. The molecule has 4 aromatic rings. The Labute approximate surface area is 140 Å². The van der Waals surface area contributed by atoms with Crippen LogP contribution in [0.3, 0.4) is 0 Å². The van der Waals surface area contributed by atoms with Gasteiger partial charge < -0.3 is 9.15 Å². The van der Waals surface area contributed by atoms with E-state index in [2.05, 4.69) is 24.3 Å². The zero-order valence-corrected chi connectivity index (χ0v) is 13.7. The Morgan fingerprint density at radius 2 is 1.79 bits per heavy atom. The first-order valence-electron chi connectivity index (χ1n) is 7.90. The smallest absolute Gasteiger partial charge is 0.180 e. The highest BCUT2D eigenvalue weighted by Crippen LogP contribution is 2.30. The summed E-state index contributed by atoms with van der Waals surface area (Å²) in [4.78, 5) is 0. The summed E-state index contributed by atoms with van der Waals surface area (Å²) in [5.74, 6) is 1.75. The number of methoxy groups -OCH3 is 1. The molecule has 0 atom stereocenters. The summed E-state index contributed by atoms with van der Waals surface area (Å²) in [5.41, 5.74) is 4.96. The van der Waals surface area contributed by atoms with Crippen LogP contribution < -0.4 is 4.74 Å². The van der Waals surface area contributed by atoms with E-state index in [4.69, 9.17) is 14.3 Å². The van der Waals surface area contributed by atoms with Gasteiger partial charge in [0.25, 0.3) is 0 Å². The van der Waals surface area contributed by atoms with Crippen LogP contribution in [0, 0.1) is 6.92 Å². The first-order chi connectivity index (χ1) is 11.7. The summed E-state index contributed by atoms with van der Waals surface area (Å²) in [7, 11) is 1.67. The van der Waals surface area contributed by atoms with Gasteiger partial charge >= 0.3 is 0 Å². The molecule has 0 spiro atoms. The Morgan fingerprint density at radius 1 is 1.04 bits per heavy atom. The zero-order chi connectivity index (χ0) is 16.5. The molecule has 4 rings (SSSR count). The van der Waals surface area contributed by atoms with Crippen LogP contribution in [0.5, 0.6) is 5.75 Å². The van der Waals surface area contributed by atoms with Gasteiger partial charge in [0.1, 0.15) is 22.7 Å². The maximum atomic E-state index is 5.90. The fourth-order valence-electron chi connectivity index (χ4n) is 2.89. The molecule has 0 fully saturated rings. The van der Waals surface area contributed by atoms with Crippen molar-refractivity contribution in [1.29, 1.82) is 0 Å². The van der Waals surface area contributed by atoms with Crippen molar-refractivity contribution >= 4 is 11.1 Å². The molecule has 0 aliphatic heterocycles. The number of aromatic nitrogens is 2. The van der Waals surface area contributed by atoms with Crippen molar-refractivity contribution in [2.24, 2.45) is 0 Å². The van der Waals surface area contributed by atoms with Crippen LogP contribution in [0.25, 0.3) is 22.4 Å². The third-order valence-electron chi connectivity index (χ3n) is 4.09. The van der Waals surface area contributed by atoms with E-state index in [-0.39, 0.29) is 0 Å². The number of hydrogen-bond acceptors (Lipinski definition) is 3. The van der Waals surface area contributed by atoms with Gasteiger partial charge in [-0.15, -0.1) is 0 Å². The Hall–Kier alpha value is -3.01. The molecule has 24 heavy (non-hydrogen) atoms. The quantitative estimate of drug-likeness (QED) is 0.549. The molecule has 0 unspecified atom stereocenters. The number of benzene rings is 2. The highest BCUT2D eigenvalue weighted by Gasteiger charge is 2.16. The molecule has 0 amide bonds. The van der Waals surface area contributed by atoms with Crippen molar-refractivity contribution in [3.8, 4) is 17.0 Å². The van der Waals surface area contributed by atoms with E-state index in [0.717, 1.165) is 33.9 Å². The van der Waals surface area contributed by atoms with Gasteiger partial charge in [-0.05, 0) is 24.6 Å². The fraction of sp³-hybridized carbons (Fsp3) is 0.150. The maximum absolute atomic E-state index is 5.90. The highest BCUT2D eigenvalue weighted by molar-refractivity contribution is 5.89. The van der Waals surface area contributed by atoms with Crippen LogP contribution in [0.2, 0.25) is 0 Å². The lowest BCUT2D eigenvalue weighted by molar-refractivity contribution is 0.414. The molecule has 4 heteroatoms. The van der Waals surface area contributed by atoms with Crippen molar-refractivity contribution in [2.75, 3.05) is 7.11 Å². The number of nitrogens with zero attached hydrogens (tertiary/aromatic N) is 2. The minimum Gasteiger partial charge on any atom is -0.497 e. The van der Waals surface area contributed by atoms with Crippen LogP contribution >= 0.6 is 0 Å². The van der Waals surface area contributed by atoms with Crippen molar-refractivity contribution < 1.29 is 9.15 Å². The van der Waals surface area contributed by atoms with Gasteiger partial charge in [-0.2, -0.15) is 5.10 Å². The standard InChI is InChI=1S/C20H18N2O2/c1-14-12-18-20(24-14)19(16-6-4-3-5-7-16)21-22(18)13-15-8-10-17(23-2)11-9-15/h3-12H,13H2,1-2H3. The normalized spacial score (nSPS) is 11.1. The number of furan rings is 1. The van der Waals surface area contributed by atoms with Crippen LogP contribution in [0.4, 0.5) is 0 Å². The summed E-state index contributed by atoms with van der Waals surface area (Å²) < 4.78 is 13.1. The van der Waals surface area contributed by atoms with Gasteiger partial charge in [-0.3, -0.25) is 4.68 Å². The lowest BCUT2D eigenvalue weighted by atomic mass is 10.1. The van der Waals surface area contributed by atoms with Crippen LogP contribution in [0.15, 0.2) is 65.1 Å². The largest absolute Gasteiger partial charge is 0.497 e. The van der Waals surface area contributed by atoms with Gasteiger partial charge in [0.15, 0.2) is 5.58 Å². The highest BCUT2D eigenvalue weighted by atomic mass is 16.5. The van der Waals surface area contributed by atoms with Gasteiger partial charge in [0.2, 0.25) is 0 Å². The predicted molar refractivity (Wildman–Crippen MR) is 94.3 cm³/mol. The molecule has 0 N–H and O–H groups in total. The summed E-state index contributed by atoms with van der Waals surface area (Å²) in [6.07, 6.45) is 0. The Morgan fingerprint density at radius 3 is 2.50 bits per heavy atom. The van der Waals surface area contributed by atoms with Crippen LogP contribution in [-0.2, 0) is 6.54 Å². The topological polar surface area (TPSA) is 40.2 Å². The number of ether oxygens (including phenoxy) is 1. The minimum absolute atomic E-state index is 0.687. The number of rotatable bonds is 4. The first-order valence-corrected chi connectivity index (χ1v) is 7.90. The van der Waals surface area contributed by atoms with Crippen molar-refractivity contribution in [1.82, 2.24) is 9.78 Å². The second-order valence-corrected chi connectivity index (χ2v) is 5.79. The molecule has 0 aliphatic rings. The summed E-state index contributed by atoms with van der Waals surface area (Å²) >= 11 is 0. The Balaban J connectivity index is 1.77. The molecule has 0 aliphatic carbocycles. The van der Waals surface area contributed by atoms with E-state index in [1.54, 1.807) is 7.11 Å². The second-order valence-electron chi connectivity index (χ2n) is 5.79. The molecule has 2 aromatic heterocycles. The Bertz CT molecular complexity index is 966. The summed E-state index contributed by atoms with van der Waals surface area (Å²) in [6.45, 7) is 2.65. The second kappa shape index (κ2) is 5.89. The van der Waals surface area contributed by atoms with Crippen molar-refractivity contribution in [3.63, 3.8) is 0 Å². The van der Waals surface area contributed by atoms with Crippen molar-refractivity contribution in [2.45, 2.75) is 13.5 Å². The van der Waals surface area contributed by atoms with Crippen LogP contribution in [0.1, 0.15) is 11.3 Å². The molecule has 4 nitrogen and oxygen atoms in total. The molecule has 0 radical (unpaired) electrons. The van der Waals surface area contributed by atoms with E-state index in [0.29, 0.717) is 6.54 Å². The lowest BCUT2D eigenvalue weighted by Gasteiger charge is -2.04. The third-order valence-corrected chi connectivity index (χ3v) is 4.09. The molecular weight excluding hydrogens is 300 g/mol. The van der Waals surface area contributed by atoms with E-state index < -0.39 is 0 Å². The fourth-order valence-corrected chi connectivity index (χ4v) is 2.89. The summed E-state index contributed by atoms with van der Waals surface area (Å²) in [6, 6.07) is 20.2. The molecule has 0 saturated carbocycles. The minimum atomic E-state index is 0.687. The molecule has 0 saturated heterocycles. The number of hydrogen-bond donors (Lipinski definition) is 0. The third kappa shape index (κ3) is 2.56. The molecule has 120 valence electrons. The molecular formula is C20H18N2O2. The predicted octanol–water partition coefficient (Wildman–Crippen LogP) is 4.66. The lowest BCUT2D eigenvalue weighted by Crippen LogP contribution is -2.01. The summed E-state index contributed by atoms with van der Waals surface area (Å²) in [5, 5.41) is 4.79. The van der Waals surface area contributed by atoms with Crippen molar-refractivity contribution in [3.05, 3.63) is 72.0 Å². The number of fused-ring (bicyclic) bond motifs is 1. The van der Waals surface area contributed by atoms with Crippen LogP contribution in [-0.4, -0.2) is 16.9 Å². The van der Waals surface area contributed by atoms with E-state index in [9.17, 15) is 0 Å². The van der Waals surface area contributed by atoms with E-state index >= 15 is 0 Å². The van der Waals surface area contributed by atoms with Gasteiger partial charge in [0.05, 0.1) is 13.7 Å². The molecule has 2 heterocycles. The Kier molecular flexibility index (Phi) is 3.58. The van der Waals surface area contributed by atoms with E-state index in [1.807, 2.05) is 48.0 Å². The number of aryl methyl sites for hydroxylation is 1. The first kappa shape index (κ1) is 14.6. The zero-order valence-electron chi connectivity index (χ0n) is 13.7. The average molecular weight is 318 g/mol. The van der Waals surface area contributed by atoms with Gasteiger partial charge in [0, 0.05) is 11.6 Å². The molecule has 0 bridgehead atoms. The molecule has 2 aromatic carbocycles. The van der Waals surface area contributed by atoms with Gasteiger partial charge in [-0.25, -0.2) is 0 Å². The average Bonchev–Trinajstić information content (AvgIpc) is 3.15. The van der Waals surface area contributed by atoms with E-state index in [1.165, 1.54) is 5.56 Å².